The summed E-state index contributed by atoms with van der Waals surface area (Å²) >= 11 is 0. The van der Waals surface area contributed by atoms with E-state index >= 15 is 0 Å². The second kappa shape index (κ2) is 8.16. The molecule has 3 heterocycles. The zero-order valence-corrected chi connectivity index (χ0v) is 14.4. The number of nitrogens with zero attached hydrogens (tertiary/aromatic N) is 3. The van der Waals surface area contributed by atoms with Gasteiger partial charge in [-0.1, -0.05) is 0 Å². The fourth-order valence-electron chi connectivity index (χ4n) is 4.16. The predicted octanol–water partition coefficient (Wildman–Crippen LogP) is 0.524. The third kappa shape index (κ3) is 3.83. The summed E-state index contributed by atoms with van der Waals surface area (Å²) in [5, 5.41) is 8.95. The lowest BCUT2D eigenvalue weighted by atomic mass is 9.83. The highest BCUT2D eigenvalue weighted by Gasteiger charge is 2.40. The van der Waals surface area contributed by atoms with Crippen molar-refractivity contribution in [2.45, 2.75) is 38.1 Å². The second-order valence-electron chi connectivity index (χ2n) is 7.00. The standard InChI is InChI=1S/C17H29N3O4/c21-10-2-1-6-20-15-5-7-19(13-14(15)3-4-16(20)22)17(23)18-8-11-24-12-9-18/h14-15,21H,1-13H2. The van der Waals surface area contributed by atoms with Gasteiger partial charge in [-0.15, -0.1) is 0 Å². The van der Waals surface area contributed by atoms with Gasteiger partial charge in [0.2, 0.25) is 5.91 Å². The van der Waals surface area contributed by atoms with Gasteiger partial charge >= 0.3 is 6.03 Å². The van der Waals surface area contributed by atoms with Crippen molar-refractivity contribution in [2.75, 3.05) is 52.5 Å². The molecule has 3 amide bonds. The van der Waals surface area contributed by atoms with E-state index in [2.05, 4.69) is 0 Å². The number of urea groups is 1. The first-order valence-corrected chi connectivity index (χ1v) is 9.22. The van der Waals surface area contributed by atoms with Crippen LogP contribution in [0.2, 0.25) is 0 Å². The molecule has 7 nitrogen and oxygen atoms in total. The topological polar surface area (TPSA) is 73.3 Å². The molecule has 0 aromatic heterocycles. The van der Waals surface area contributed by atoms with Crippen LogP contribution in [0.5, 0.6) is 0 Å². The number of piperidine rings is 2. The minimum Gasteiger partial charge on any atom is -0.396 e. The van der Waals surface area contributed by atoms with Crippen molar-refractivity contribution in [3.05, 3.63) is 0 Å². The Morgan fingerprint density at radius 2 is 1.92 bits per heavy atom. The van der Waals surface area contributed by atoms with Crippen LogP contribution in [0, 0.1) is 5.92 Å². The maximum Gasteiger partial charge on any atom is 0.320 e. The predicted molar refractivity (Wildman–Crippen MR) is 88.5 cm³/mol. The molecular formula is C17H29N3O4. The van der Waals surface area contributed by atoms with Gasteiger partial charge in [-0.2, -0.15) is 0 Å². The number of morpholine rings is 1. The number of carbonyl (C=O) groups excluding carboxylic acids is 2. The van der Waals surface area contributed by atoms with Crippen molar-refractivity contribution in [3.8, 4) is 0 Å². The number of rotatable bonds is 4. The van der Waals surface area contributed by atoms with Gasteiger partial charge in [-0.3, -0.25) is 4.79 Å². The molecule has 24 heavy (non-hydrogen) atoms. The Kier molecular flexibility index (Phi) is 5.94. The SMILES string of the molecule is O=C(N1CCOCC1)N1CCC2C(CCC(=O)N2CCCCO)C1. The zero-order valence-electron chi connectivity index (χ0n) is 14.4. The summed E-state index contributed by atoms with van der Waals surface area (Å²) in [5.41, 5.74) is 0. The number of aliphatic hydroxyl groups is 1. The lowest BCUT2D eigenvalue weighted by molar-refractivity contribution is -0.140. The van der Waals surface area contributed by atoms with E-state index in [-0.39, 0.29) is 24.6 Å². The molecule has 3 aliphatic heterocycles. The van der Waals surface area contributed by atoms with Crippen LogP contribution in [0.1, 0.15) is 32.1 Å². The number of carbonyl (C=O) groups is 2. The Morgan fingerprint density at radius 3 is 2.67 bits per heavy atom. The third-order valence-corrected chi connectivity index (χ3v) is 5.50. The monoisotopic (exact) mass is 339 g/mol. The second-order valence-corrected chi connectivity index (χ2v) is 7.00. The van der Waals surface area contributed by atoms with Gasteiger partial charge in [0.05, 0.1) is 13.2 Å². The molecule has 136 valence electrons. The first-order valence-electron chi connectivity index (χ1n) is 9.22. The Morgan fingerprint density at radius 1 is 1.12 bits per heavy atom. The summed E-state index contributed by atoms with van der Waals surface area (Å²) in [6.07, 6.45) is 3.92. The molecule has 0 aromatic rings. The molecule has 0 radical (unpaired) electrons. The van der Waals surface area contributed by atoms with Gasteiger partial charge < -0.3 is 24.5 Å². The van der Waals surface area contributed by atoms with Gasteiger partial charge in [0.25, 0.3) is 0 Å². The van der Waals surface area contributed by atoms with E-state index in [1.54, 1.807) is 0 Å². The molecule has 0 spiro atoms. The minimum atomic E-state index is 0.125. The summed E-state index contributed by atoms with van der Waals surface area (Å²) in [6.45, 7) is 4.99. The van der Waals surface area contributed by atoms with Crippen LogP contribution in [0.4, 0.5) is 4.79 Å². The number of likely N-dealkylation sites (tertiary alicyclic amines) is 2. The molecule has 0 bridgehead atoms. The van der Waals surface area contributed by atoms with Crippen LogP contribution < -0.4 is 0 Å². The normalized spacial score (nSPS) is 28.0. The van der Waals surface area contributed by atoms with Crippen molar-refractivity contribution >= 4 is 11.9 Å². The van der Waals surface area contributed by atoms with Crippen molar-refractivity contribution in [3.63, 3.8) is 0 Å². The average Bonchev–Trinajstić information content (AvgIpc) is 2.63. The number of unbranched alkanes of at least 4 members (excludes halogenated alkanes) is 1. The molecule has 0 saturated carbocycles. The maximum absolute atomic E-state index is 12.7. The van der Waals surface area contributed by atoms with Crippen LogP contribution >= 0.6 is 0 Å². The van der Waals surface area contributed by atoms with Crippen molar-refractivity contribution < 1.29 is 19.4 Å². The molecule has 1 N–H and O–H groups in total. The van der Waals surface area contributed by atoms with E-state index < -0.39 is 0 Å². The number of amides is 3. The molecule has 2 atom stereocenters. The van der Waals surface area contributed by atoms with E-state index in [1.807, 2.05) is 14.7 Å². The Balaban J connectivity index is 1.57. The summed E-state index contributed by atoms with van der Waals surface area (Å²) in [4.78, 5) is 30.8. The van der Waals surface area contributed by atoms with Gasteiger partial charge in [0.1, 0.15) is 0 Å². The maximum atomic E-state index is 12.7. The highest BCUT2D eigenvalue weighted by Crippen LogP contribution is 2.32. The first kappa shape index (κ1) is 17.5. The summed E-state index contributed by atoms with van der Waals surface area (Å²) in [6, 6.07) is 0.388. The Hall–Kier alpha value is -1.34. The lowest BCUT2D eigenvalue weighted by Gasteiger charge is -2.48. The summed E-state index contributed by atoms with van der Waals surface area (Å²) < 4.78 is 5.32. The van der Waals surface area contributed by atoms with Gasteiger partial charge in [-0.25, -0.2) is 4.79 Å². The van der Waals surface area contributed by atoms with Crippen LogP contribution in [-0.2, 0) is 9.53 Å². The van der Waals surface area contributed by atoms with Crippen LogP contribution in [-0.4, -0.2) is 90.3 Å². The number of aliphatic hydroxyl groups excluding tert-OH is 1. The largest absolute Gasteiger partial charge is 0.396 e. The van der Waals surface area contributed by atoms with Gasteiger partial charge in [-0.05, 0) is 31.6 Å². The third-order valence-electron chi connectivity index (χ3n) is 5.50. The molecular weight excluding hydrogens is 310 g/mol. The molecule has 0 aliphatic carbocycles. The van der Waals surface area contributed by atoms with E-state index in [0.717, 1.165) is 45.3 Å². The minimum absolute atomic E-state index is 0.125. The highest BCUT2D eigenvalue weighted by atomic mass is 16.5. The molecule has 0 aromatic carbocycles. The van der Waals surface area contributed by atoms with E-state index in [0.29, 0.717) is 38.6 Å². The average molecular weight is 339 g/mol. The van der Waals surface area contributed by atoms with Crippen LogP contribution in [0.25, 0.3) is 0 Å². The number of hydrogen-bond acceptors (Lipinski definition) is 4. The highest BCUT2D eigenvalue weighted by molar-refractivity contribution is 5.78. The fourth-order valence-corrected chi connectivity index (χ4v) is 4.16. The Labute approximate surface area is 143 Å². The van der Waals surface area contributed by atoms with E-state index in [9.17, 15) is 9.59 Å². The number of hydrogen-bond donors (Lipinski definition) is 1. The smallest absolute Gasteiger partial charge is 0.320 e. The van der Waals surface area contributed by atoms with Crippen molar-refractivity contribution in [2.24, 2.45) is 5.92 Å². The number of ether oxygens (including phenoxy) is 1. The van der Waals surface area contributed by atoms with Gasteiger partial charge in [0.15, 0.2) is 0 Å². The molecule has 3 fully saturated rings. The fraction of sp³-hybridized carbons (Fsp3) is 0.882. The number of fused-ring (bicyclic) bond motifs is 1. The van der Waals surface area contributed by atoms with E-state index in [1.165, 1.54) is 0 Å². The lowest BCUT2D eigenvalue weighted by Crippen LogP contribution is -2.59. The van der Waals surface area contributed by atoms with Gasteiger partial charge in [0, 0.05) is 51.8 Å². The summed E-state index contributed by atoms with van der Waals surface area (Å²) in [5.74, 6) is 0.623. The summed E-state index contributed by atoms with van der Waals surface area (Å²) in [7, 11) is 0. The quantitative estimate of drug-likeness (QED) is 0.758. The van der Waals surface area contributed by atoms with Crippen molar-refractivity contribution in [1.82, 2.24) is 14.7 Å². The van der Waals surface area contributed by atoms with E-state index in [4.69, 9.17) is 9.84 Å². The van der Waals surface area contributed by atoms with Crippen LogP contribution in [0.3, 0.4) is 0 Å². The van der Waals surface area contributed by atoms with Crippen molar-refractivity contribution in [1.29, 1.82) is 0 Å². The Bertz CT molecular complexity index is 453. The molecule has 3 saturated heterocycles. The van der Waals surface area contributed by atoms with Crippen LogP contribution in [0.15, 0.2) is 0 Å². The molecule has 3 aliphatic rings. The molecule has 3 rings (SSSR count). The zero-order chi connectivity index (χ0) is 16.9. The molecule has 7 heteroatoms. The first-order chi connectivity index (χ1) is 11.7. The molecule has 2 unspecified atom stereocenters.